The van der Waals surface area contributed by atoms with Crippen LogP contribution in [-0.2, 0) is 4.74 Å². The molecule has 0 aliphatic carbocycles. The molecule has 0 N–H and O–H groups in total. The van der Waals surface area contributed by atoms with Gasteiger partial charge in [0.2, 0.25) is 5.76 Å². The fourth-order valence-corrected chi connectivity index (χ4v) is 3.74. The summed E-state index contributed by atoms with van der Waals surface area (Å²) < 4.78 is 24.4. The van der Waals surface area contributed by atoms with E-state index in [-0.39, 0.29) is 22.9 Å². The second-order valence-electron chi connectivity index (χ2n) is 6.97. The zero-order valence-electron chi connectivity index (χ0n) is 15.7. The zero-order valence-corrected chi connectivity index (χ0v) is 15.7. The van der Waals surface area contributed by atoms with Gasteiger partial charge in [-0.05, 0) is 43.2 Å². The molecule has 28 heavy (non-hydrogen) atoms. The van der Waals surface area contributed by atoms with Crippen LogP contribution < -0.4 is 5.43 Å². The first-order chi connectivity index (χ1) is 13.5. The van der Waals surface area contributed by atoms with Crippen molar-refractivity contribution < 1.29 is 18.3 Å². The van der Waals surface area contributed by atoms with E-state index in [9.17, 15) is 14.0 Å². The lowest BCUT2D eigenvalue weighted by molar-refractivity contribution is 0.0708. The molecule has 0 radical (unpaired) electrons. The predicted octanol–water partition coefficient (Wildman–Crippen LogP) is 3.82. The minimum Gasteiger partial charge on any atom is -0.450 e. The maximum absolute atomic E-state index is 13.4. The molecular formula is C22H20FNO4. The largest absolute Gasteiger partial charge is 0.450 e. The van der Waals surface area contributed by atoms with Crippen LogP contribution in [0.5, 0.6) is 0 Å². The fraction of sp³-hybridized carbons (Fsp3) is 0.273. The van der Waals surface area contributed by atoms with Crippen molar-refractivity contribution >= 4 is 16.9 Å². The van der Waals surface area contributed by atoms with Crippen molar-refractivity contribution in [2.24, 2.45) is 0 Å². The van der Waals surface area contributed by atoms with Crippen LogP contribution in [0, 0.1) is 12.7 Å². The molecule has 2 heterocycles. The van der Waals surface area contributed by atoms with Crippen LogP contribution in [0.3, 0.4) is 0 Å². The highest BCUT2D eigenvalue weighted by Gasteiger charge is 2.42. The summed E-state index contributed by atoms with van der Waals surface area (Å²) in [5.41, 5.74) is 2.08. The van der Waals surface area contributed by atoms with Crippen LogP contribution in [0.1, 0.15) is 39.7 Å². The van der Waals surface area contributed by atoms with Crippen LogP contribution in [0.25, 0.3) is 11.0 Å². The summed E-state index contributed by atoms with van der Waals surface area (Å²) in [6, 6.07) is 10.6. The number of halogens is 1. The van der Waals surface area contributed by atoms with Gasteiger partial charge in [0.25, 0.3) is 5.91 Å². The highest BCUT2D eigenvalue weighted by atomic mass is 19.1. The lowest BCUT2D eigenvalue weighted by Gasteiger charge is -2.25. The second kappa shape index (κ2) is 7.20. The van der Waals surface area contributed by atoms with Gasteiger partial charge in [-0.2, -0.15) is 0 Å². The first kappa shape index (κ1) is 18.4. The van der Waals surface area contributed by atoms with Gasteiger partial charge in [0, 0.05) is 20.3 Å². The van der Waals surface area contributed by atoms with E-state index < -0.39 is 6.04 Å². The summed E-state index contributed by atoms with van der Waals surface area (Å²) in [6.07, 6.45) is 0.612. The third kappa shape index (κ3) is 2.99. The molecule has 0 fully saturated rings. The Morgan fingerprint density at radius 1 is 1.14 bits per heavy atom. The number of carbonyl (C=O) groups excluding carboxylic acids is 1. The van der Waals surface area contributed by atoms with Crippen molar-refractivity contribution in [1.29, 1.82) is 0 Å². The molecular weight excluding hydrogens is 361 g/mol. The van der Waals surface area contributed by atoms with Crippen LogP contribution in [0.2, 0.25) is 0 Å². The van der Waals surface area contributed by atoms with Crippen LogP contribution in [0.15, 0.2) is 51.7 Å². The fourth-order valence-electron chi connectivity index (χ4n) is 3.74. The molecule has 1 aromatic heterocycles. The number of hydrogen-bond acceptors (Lipinski definition) is 4. The normalized spacial score (nSPS) is 16.0. The van der Waals surface area contributed by atoms with Gasteiger partial charge in [0.15, 0.2) is 5.43 Å². The van der Waals surface area contributed by atoms with E-state index in [1.54, 1.807) is 36.3 Å². The molecule has 4 rings (SSSR count). The Morgan fingerprint density at radius 2 is 1.89 bits per heavy atom. The molecule has 144 valence electrons. The molecule has 5 nitrogen and oxygen atoms in total. The summed E-state index contributed by atoms with van der Waals surface area (Å²) in [5.74, 6) is -0.645. The number of amides is 1. The van der Waals surface area contributed by atoms with E-state index in [2.05, 4.69) is 0 Å². The summed E-state index contributed by atoms with van der Waals surface area (Å²) in [4.78, 5) is 28.0. The minimum atomic E-state index is -0.610. The Labute approximate surface area is 161 Å². The van der Waals surface area contributed by atoms with Crippen molar-refractivity contribution in [2.45, 2.75) is 19.4 Å². The Hall–Kier alpha value is -2.99. The van der Waals surface area contributed by atoms with Gasteiger partial charge in [-0.1, -0.05) is 23.8 Å². The molecule has 0 bridgehead atoms. The lowest BCUT2D eigenvalue weighted by Crippen LogP contribution is -2.31. The van der Waals surface area contributed by atoms with E-state index in [4.69, 9.17) is 9.15 Å². The third-order valence-electron chi connectivity index (χ3n) is 5.05. The molecule has 1 amide bonds. The second-order valence-corrected chi connectivity index (χ2v) is 6.97. The number of nitrogens with zero attached hydrogens (tertiary/aromatic N) is 1. The van der Waals surface area contributed by atoms with Gasteiger partial charge in [0.1, 0.15) is 11.4 Å². The molecule has 6 heteroatoms. The maximum Gasteiger partial charge on any atom is 0.290 e. The molecule has 1 atom stereocenters. The summed E-state index contributed by atoms with van der Waals surface area (Å²) in [7, 11) is 1.60. The number of ether oxygens (including phenoxy) is 1. The number of carbonyl (C=O) groups is 1. The summed E-state index contributed by atoms with van der Waals surface area (Å²) in [6.45, 7) is 2.78. The highest BCUT2D eigenvalue weighted by Crippen LogP contribution is 2.38. The number of rotatable bonds is 5. The first-order valence-corrected chi connectivity index (χ1v) is 9.14. The van der Waals surface area contributed by atoms with E-state index >= 15 is 0 Å². The number of benzene rings is 2. The smallest absolute Gasteiger partial charge is 0.290 e. The van der Waals surface area contributed by atoms with Crippen LogP contribution >= 0.6 is 0 Å². The van der Waals surface area contributed by atoms with E-state index in [0.29, 0.717) is 41.7 Å². The van der Waals surface area contributed by atoms with E-state index in [0.717, 1.165) is 5.56 Å². The van der Waals surface area contributed by atoms with Gasteiger partial charge < -0.3 is 14.1 Å². The third-order valence-corrected chi connectivity index (χ3v) is 5.05. The number of hydrogen-bond donors (Lipinski definition) is 0. The van der Waals surface area contributed by atoms with Crippen molar-refractivity contribution in [3.05, 3.63) is 81.0 Å². The van der Waals surface area contributed by atoms with Crippen LogP contribution in [-0.4, -0.2) is 31.1 Å². The number of aryl methyl sites for hydroxylation is 1. The topological polar surface area (TPSA) is 59.8 Å². The van der Waals surface area contributed by atoms with Gasteiger partial charge in [0.05, 0.1) is 17.0 Å². The quantitative estimate of drug-likeness (QED) is 0.631. The Balaban J connectivity index is 1.92. The van der Waals surface area contributed by atoms with Gasteiger partial charge in [-0.3, -0.25) is 9.59 Å². The molecule has 0 saturated heterocycles. The Morgan fingerprint density at radius 3 is 2.61 bits per heavy atom. The highest BCUT2D eigenvalue weighted by molar-refractivity contribution is 5.99. The predicted molar refractivity (Wildman–Crippen MR) is 103 cm³/mol. The van der Waals surface area contributed by atoms with E-state index in [1.807, 2.05) is 13.0 Å². The van der Waals surface area contributed by atoms with Crippen molar-refractivity contribution in [3.8, 4) is 0 Å². The number of methoxy groups -OCH3 is 1. The first-order valence-electron chi connectivity index (χ1n) is 9.14. The van der Waals surface area contributed by atoms with Crippen molar-refractivity contribution in [2.75, 3.05) is 20.3 Å². The SMILES string of the molecule is COCCCN1C(=O)c2oc3ccc(C)cc3c(=O)c2C1c1ccc(F)cc1. The molecule has 1 aliphatic rings. The standard InChI is InChI=1S/C22H20FNO4/c1-13-4-9-17-16(12-13)20(25)18-19(14-5-7-15(23)8-6-14)24(10-3-11-27-2)22(26)21(18)28-17/h4-9,12,19H,3,10-11H2,1-2H3. The molecule has 1 aliphatic heterocycles. The average Bonchev–Trinajstić information content (AvgIpc) is 2.96. The molecule has 2 aromatic carbocycles. The monoisotopic (exact) mass is 381 g/mol. The maximum atomic E-state index is 13.4. The lowest BCUT2D eigenvalue weighted by atomic mass is 9.98. The Kier molecular flexibility index (Phi) is 4.73. The summed E-state index contributed by atoms with van der Waals surface area (Å²) in [5, 5.41) is 0.442. The van der Waals surface area contributed by atoms with Gasteiger partial charge in [-0.25, -0.2) is 4.39 Å². The summed E-state index contributed by atoms with van der Waals surface area (Å²) >= 11 is 0. The molecule has 0 saturated carbocycles. The Bertz CT molecular complexity index is 1100. The van der Waals surface area contributed by atoms with Crippen molar-refractivity contribution in [3.63, 3.8) is 0 Å². The minimum absolute atomic E-state index is 0.0631. The van der Waals surface area contributed by atoms with Crippen molar-refractivity contribution in [1.82, 2.24) is 4.90 Å². The van der Waals surface area contributed by atoms with Crippen LogP contribution in [0.4, 0.5) is 4.39 Å². The number of fused-ring (bicyclic) bond motifs is 2. The molecule has 1 unspecified atom stereocenters. The van der Waals surface area contributed by atoms with Gasteiger partial charge >= 0.3 is 0 Å². The van der Waals surface area contributed by atoms with Gasteiger partial charge in [-0.15, -0.1) is 0 Å². The molecule has 3 aromatic rings. The zero-order chi connectivity index (χ0) is 19.8. The van der Waals surface area contributed by atoms with E-state index in [1.165, 1.54) is 12.1 Å². The molecule has 0 spiro atoms. The average molecular weight is 381 g/mol.